The van der Waals surface area contributed by atoms with E-state index in [9.17, 15) is 0 Å². The Hall–Kier alpha value is -6.66. The van der Waals surface area contributed by atoms with Crippen molar-refractivity contribution in [3.63, 3.8) is 0 Å². The predicted octanol–water partition coefficient (Wildman–Crippen LogP) is 3.53. The van der Waals surface area contributed by atoms with E-state index in [2.05, 4.69) is 80.6 Å². The van der Waals surface area contributed by atoms with Gasteiger partial charge in [-0.1, -0.05) is 162 Å². The number of aryl methyl sites for hydroxylation is 2. The molecule has 0 amide bonds. The van der Waals surface area contributed by atoms with Crippen molar-refractivity contribution in [3.8, 4) is 0 Å². The van der Waals surface area contributed by atoms with Crippen molar-refractivity contribution in [2.75, 3.05) is 0 Å². The quantitative estimate of drug-likeness (QED) is 0.170. The molecule has 0 bridgehead atoms. The van der Waals surface area contributed by atoms with Crippen molar-refractivity contribution in [3.05, 3.63) is 224 Å². The number of hydrogen-bond donors (Lipinski definition) is 0. The van der Waals surface area contributed by atoms with Crippen LogP contribution in [0.5, 0.6) is 0 Å². The van der Waals surface area contributed by atoms with Crippen molar-refractivity contribution in [1.82, 2.24) is 43.7 Å². The maximum Gasteiger partial charge on any atom is 3.00 e. The van der Waals surface area contributed by atoms with Crippen molar-refractivity contribution in [2.45, 2.75) is 13.8 Å². The van der Waals surface area contributed by atoms with Crippen LogP contribution in [0.3, 0.4) is 0 Å². The first-order valence-corrected chi connectivity index (χ1v) is 18.5. The van der Waals surface area contributed by atoms with E-state index in [1.54, 1.807) is 24.8 Å². The maximum absolute atomic E-state index is 8.25. The van der Waals surface area contributed by atoms with Gasteiger partial charge in [-0.05, 0) is 62.9 Å². The minimum absolute atomic E-state index is 0. The maximum atomic E-state index is 8.25. The number of hydrogen-bond acceptors (Lipinski definition) is 7. The summed E-state index contributed by atoms with van der Waals surface area (Å²) in [4.78, 5) is 13.8. The molecule has 58 heavy (non-hydrogen) atoms. The van der Waals surface area contributed by atoms with Crippen LogP contribution in [-0.4, -0.2) is 63.1 Å². The summed E-state index contributed by atoms with van der Waals surface area (Å²) in [5, 5.41) is 27.4. The molecule has 0 aliphatic heterocycles. The molecule has 9 rings (SSSR count). The van der Waals surface area contributed by atoms with Crippen molar-refractivity contribution < 1.29 is 35.7 Å². The van der Waals surface area contributed by atoms with E-state index in [1.807, 2.05) is 140 Å². The summed E-state index contributed by atoms with van der Waals surface area (Å²) in [7, 11) is 0. The van der Waals surface area contributed by atoms with Crippen molar-refractivity contribution in [1.29, 1.82) is 0 Å². The van der Waals surface area contributed by atoms with Crippen LogP contribution in [0.25, 0.3) is 0 Å². The predicted molar refractivity (Wildman–Crippen MR) is 226 cm³/mol. The van der Waals surface area contributed by atoms with Gasteiger partial charge in [0.1, 0.15) is 0 Å². The molecular weight excluding hydrogens is 753 g/mol. The van der Waals surface area contributed by atoms with Crippen LogP contribution in [0.1, 0.15) is 11.1 Å². The third-order valence-corrected chi connectivity index (χ3v) is 9.67. The SMILES string of the molecule is Cc1ccc([B-](c2cccc([B-](c3ccc(C)cc3)(n3cccn3)n3cccn3)n2)(n2cccn2)n2cccn2)cc1.O=C[O-].[Sc+3].c1ccccc1.c1ccccc1. The first-order chi connectivity index (χ1) is 28.0. The third kappa shape index (κ3) is 9.30. The standard InChI is InChI=1S/C31H29B2N9.2C6H6.CH2O2.Sc/c1-26-10-14-28(15-11-26)32(39-22-4-18-34-39,40-23-5-19-35-40)30-8-3-9-31(38-30)33(41-24-6-20-36-41,42-25-7-21-37-42)29-16-12-27(2)13-17-29;2*1-2-4-6-5-3-1;2-1-3;/h3-25H,1-2H3;2*1-6H;1H,(H,2,3);/q-2;;;;+3/p-1. The van der Waals surface area contributed by atoms with E-state index in [-0.39, 0.29) is 25.8 Å². The summed E-state index contributed by atoms with van der Waals surface area (Å²) < 4.78 is 7.91. The van der Waals surface area contributed by atoms with Gasteiger partial charge in [0.2, 0.25) is 0 Å². The van der Waals surface area contributed by atoms with Gasteiger partial charge in [0.25, 0.3) is 12.8 Å². The first-order valence-electron chi connectivity index (χ1n) is 18.5. The van der Waals surface area contributed by atoms with Crippen LogP contribution in [0.4, 0.5) is 0 Å². The number of pyridine rings is 1. The molecule has 0 radical (unpaired) electrons. The van der Waals surface area contributed by atoms with Gasteiger partial charge in [0.15, 0.2) is 0 Å². The number of nitrogens with zero attached hydrogens (tertiary/aromatic N) is 9. The van der Waals surface area contributed by atoms with Gasteiger partial charge >= 0.3 is 25.8 Å². The molecule has 0 atom stereocenters. The number of carbonyl (C=O) groups is 1. The van der Waals surface area contributed by atoms with E-state index in [4.69, 9.17) is 35.3 Å². The molecule has 4 aromatic carbocycles. The monoisotopic (exact) mass is 795 g/mol. The number of aromatic nitrogens is 9. The molecule has 0 aliphatic rings. The Morgan fingerprint density at radius 1 is 0.431 bits per heavy atom. The van der Waals surface area contributed by atoms with Gasteiger partial charge in [-0.15, -0.1) is 0 Å². The Morgan fingerprint density at radius 2 is 0.690 bits per heavy atom. The molecule has 5 heterocycles. The van der Waals surface area contributed by atoms with Crippen molar-refractivity contribution in [2.24, 2.45) is 0 Å². The van der Waals surface area contributed by atoms with E-state index in [0.29, 0.717) is 0 Å². The molecule has 14 heteroatoms. The zero-order chi connectivity index (χ0) is 39.8. The molecule has 0 fully saturated rings. The van der Waals surface area contributed by atoms with Gasteiger partial charge in [0.05, 0.1) is 0 Å². The Morgan fingerprint density at radius 3 is 0.914 bits per heavy atom. The average Bonchev–Trinajstić information content (AvgIpc) is 4.13. The van der Waals surface area contributed by atoms with Crippen molar-refractivity contribution >= 4 is 41.4 Å². The van der Waals surface area contributed by atoms with Crippen LogP contribution < -0.4 is 27.2 Å². The molecule has 0 N–H and O–H groups in total. The number of carboxylic acid groups (broad SMARTS) is 1. The third-order valence-electron chi connectivity index (χ3n) is 9.67. The normalized spacial score (nSPS) is 10.6. The van der Waals surface area contributed by atoms with Crippen LogP contribution >= 0.6 is 0 Å². The summed E-state index contributed by atoms with van der Waals surface area (Å²) in [5.41, 5.74) is 6.02. The fourth-order valence-corrected chi connectivity index (χ4v) is 7.10. The second-order valence-corrected chi connectivity index (χ2v) is 13.2. The molecule has 11 nitrogen and oxygen atoms in total. The first kappa shape index (κ1) is 42.5. The van der Waals surface area contributed by atoms with E-state index >= 15 is 0 Å². The van der Waals surface area contributed by atoms with E-state index in [0.717, 1.165) is 22.1 Å². The molecule has 284 valence electrons. The van der Waals surface area contributed by atoms with Gasteiger partial charge in [-0.25, -0.2) is 20.4 Å². The number of rotatable bonds is 8. The minimum atomic E-state index is -1.98. The molecule has 0 saturated carbocycles. The Balaban J connectivity index is 0.000000338. The summed E-state index contributed by atoms with van der Waals surface area (Å²) >= 11 is 0. The minimum Gasteiger partial charge on any atom is -0.554 e. The zero-order valence-electron chi connectivity index (χ0n) is 32.4. The van der Waals surface area contributed by atoms with Gasteiger partial charge < -0.3 is 33.3 Å². The molecule has 9 aromatic rings. The number of carbonyl (C=O) groups excluding carboxylic acids is 1. The molecule has 0 unspecified atom stereocenters. The molecule has 0 aliphatic carbocycles. The van der Waals surface area contributed by atoms with Gasteiger partial charge in [-0.3, -0.25) is 0 Å². The molecule has 0 saturated heterocycles. The average molecular weight is 795 g/mol. The molecule has 0 spiro atoms. The smallest absolute Gasteiger partial charge is 0.554 e. The van der Waals surface area contributed by atoms with E-state index < -0.39 is 19.3 Å². The van der Waals surface area contributed by atoms with Gasteiger partial charge in [-0.2, -0.15) is 10.9 Å². The van der Waals surface area contributed by atoms with E-state index in [1.165, 1.54) is 11.1 Å². The summed E-state index contributed by atoms with van der Waals surface area (Å²) in [5.74, 6) is 0. The van der Waals surface area contributed by atoms with Crippen LogP contribution in [-0.2, 0) is 30.6 Å². The second kappa shape index (κ2) is 21.0. The zero-order valence-corrected chi connectivity index (χ0v) is 34.2. The Labute approximate surface area is 357 Å². The Kier molecular flexibility index (Phi) is 15.4. The van der Waals surface area contributed by atoms with Crippen LogP contribution in [0.2, 0.25) is 0 Å². The summed E-state index contributed by atoms with van der Waals surface area (Å²) in [6.07, 6.45) is 11.2. The van der Waals surface area contributed by atoms with Crippen LogP contribution in [0.15, 0.2) is 213 Å². The summed E-state index contributed by atoms with van der Waals surface area (Å²) in [6.45, 7) is 3.68. The summed E-state index contributed by atoms with van der Waals surface area (Å²) in [6, 6.07) is 55.0. The second-order valence-electron chi connectivity index (χ2n) is 13.2. The fourth-order valence-electron chi connectivity index (χ4n) is 7.10. The Bertz CT molecular complexity index is 2160. The fraction of sp³-hybridized carbons (Fsp3) is 0.0455. The van der Waals surface area contributed by atoms with Gasteiger partial charge in [0, 0.05) is 31.3 Å². The molecular formula is C44H42B2N9O2Sc. The largest absolute Gasteiger partial charge is 3.00 e. The number of benzene rings is 4. The molecule has 5 aromatic heterocycles. The topological polar surface area (TPSA) is 124 Å². The van der Waals surface area contributed by atoms with Crippen LogP contribution in [0, 0.1) is 13.8 Å².